The average Bonchev–Trinajstić information content (AvgIpc) is 2.42. The van der Waals surface area contributed by atoms with Crippen molar-refractivity contribution in [2.75, 3.05) is 13.2 Å². The van der Waals surface area contributed by atoms with Gasteiger partial charge in [-0.2, -0.15) is 0 Å². The van der Waals surface area contributed by atoms with Crippen LogP contribution in [0.25, 0.3) is 0 Å². The first-order chi connectivity index (χ1) is 8.69. The molecule has 0 fully saturated rings. The van der Waals surface area contributed by atoms with E-state index < -0.39 is 6.10 Å². The third-order valence-corrected chi connectivity index (χ3v) is 3.52. The summed E-state index contributed by atoms with van der Waals surface area (Å²) in [7, 11) is 0. The molecule has 3 atom stereocenters. The number of aliphatic hydroxyl groups is 2. The van der Waals surface area contributed by atoms with E-state index >= 15 is 0 Å². The van der Waals surface area contributed by atoms with E-state index in [4.69, 9.17) is 9.84 Å². The molecule has 2 N–H and O–H groups in total. The molecule has 0 heterocycles. The maximum Gasteiger partial charge on any atom is 0.137 e. The van der Waals surface area contributed by atoms with Crippen LogP contribution < -0.4 is 0 Å². The topological polar surface area (TPSA) is 49.7 Å². The van der Waals surface area contributed by atoms with Crippen molar-refractivity contribution >= 4 is 15.9 Å². The molecular formula is C14H19BrO3. The molecule has 0 bridgehead atoms. The normalized spacial score (nSPS) is 15.9. The lowest BCUT2D eigenvalue weighted by molar-refractivity contribution is -0.0162. The minimum absolute atomic E-state index is 0.0746. The van der Waals surface area contributed by atoms with Crippen molar-refractivity contribution in [2.24, 2.45) is 5.92 Å². The van der Waals surface area contributed by atoms with Crippen LogP contribution in [0.15, 0.2) is 43.0 Å². The monoisotopic (exact) mass is 314 g/mol. The Hall–Kier alpha value is -0.680. The summed E-state index contributed by atoms with van der Waals surface area (Å²) in [5, 5.41) is 18.8. The molecule has 100 valence electrons. The Balaban J connectivity index is 2.42. The van der Waals surface area contributed by atoms with Crippen LogP contribution in [-0.2, 0) is 4.74 Å². The van der Waals surface area contributed by atoms with Crippen LogP contribution in [0.1, 0.15) is 17.0 Å². The number of hydrogen-bond acceptors (Lipinski definition) is 3. The first-order valence-electron chi connectivity index (χ1n) is 5.89. The molecule has 0 aromatic heterocycles. The fourth-order valence-electron chi connectivity index (χ4n) is 1.59. The Bertz CT molecular complexity index is 342. The highest BCUT2D eigenvalue weighted by molar-refractivity contribution is 9.09. The fraction of sp³-hybridized carbons (Fsp3) is 0.429. The molecule has 4 heteroatoms. The van der Waals surface area contributed by atoms with Gasteiger partial charge in [-0.15, -0.1) is 6.58 Å². The molecule has 3 nitrogen and oxygen atoms in total. The van der Waals surface area contributed by atoms with Crippen molar-refractivity contribution < 1.29 is 14.9 Å². The van der Waals surface area contributed by atoms with Gasteiger partial charge in [0, 0.05) is 12.5 Å². The molecule has 0 saturated heterocycles. The minimum Gasteiger partial charge on any atom is -0.396 e. The van der Waals surface area contributed by atoms with Crippen molar-refractivity contribution in [1.82, 2.24) is 0 Å². The van der Waals surface area contributed by atoms with Gasteiger partial charge < -0.3 is 14.9 Å². The van der Waals surface area contributed by atoms with Crippen molar-refractivity contribution in [3.05, 3.63) is 48.6 Å². The van der Waals surface area contributed by atoms with Gasteiger partial charge in [0.2, 0.25) is 0 Å². The molecule has 1 unspecified atom stereocenters. The molecule has 0 radical (unpaired) electrons. The lowest BCUT2D eigenvalue weighted by Crippen LogP contribution is -2.28. The minimum atomic E-state index is -0.697. The number of benzene rings is 1. The van der Waals surface area contributed by atoms with Crippen LogP contribution in [0.2, 0.25) is 0 Å². The Morgan fingerprint density at radius 1 is 1.33 bits per heavy atom. The molecule has 1 aromatic carbocycles. The molecule has 1 rings (SSSR count). The zero-order chi connectivity index (χ0) is 13.4. The highest BCUT2D eigenvalue weighted by Crippen LogP contribution is 2.24. The summed E-state index contributed by atoms with van der Waals surface area (Å²) in [5.74, 6) is -0.224. The maximum atomic E-state index is 9.88. The molecular weight excluding hydrogens is 296 g/mol. The van der Waals surface area contributed by atoms with Crippen molar-refractivity contribution in [3.63, 3.8) is 0 Å². The van der Waals surface area contributed by atoms with E-state index in [9.17, 15) is 5.11 Å². The molecule has 1 aromatic rings. The second-order valence-electron chi connectivity index (χ2n) is 4.09. The molecule has 0 aliphatic rings. The quantitative estimate of drug-likeness (QED) is 0.573. The van der Waals surface area contributed by atoms with E-state index in [1.54, 1.807) is 6.08 Å². The Labute approximate surface area is 116 Å². The molecule has 0 aliphatic carbocycles. The third-order valence-electron chi connectivity index (χ3n) is 2.72. The van der Waals surface area contributed by atoms with Gasteiger partial charge in [-0.25, -0.2) is 0 Å². The molecule has 0 aliphatic heterocycles. The Morgan fingerprint density at radius 2 is 2.00 bits per heavy atom. The zero-order valence-corrected chi connectivity index (χ0v) is 11.8. The number of halogens is 1. The van der Waals surface area contributed by atoms with Crippen LogP contribution in [0.4, 0.5) is 0 Å². The first kappa shape index (κ1) is 15.4. The number of rotatable bonds is 8. The Morgan fingerprint density at radius 3 is 2.56 bits per heavy atom. The van der Waals surface area contributed by atoms with Crippen molar-refractivity contribution in [3.8, 4) is 0 Å². The average molecular weight is 315 g/mol. The number of alkyl halides is 1. The summed E-state index contributed by atoms with van der Waals surface area (Å²) in [4.78, 5) is 0. The first-order valence-corrected chi connectivity index (χ1v) is 6.81. The maximum absolute atomic E-state index is 9.88. The second kappa shape index (κ2) is 8.43. The number of allylic oxidation sites excluding steroid dienone is 1. The SMILES string of the molecule is C=CC[C@H](CO)[C@@H](O)COC(Br)c1ccccc1. The summed E-state index contributed by atoms with van der Waals surface area (Å²) in [5.41, 5.74) is 0.994. The largest absolute Gasteiger partial charge is 0.396 e. The predicted octanol–water partition coefficient (Wildman–Crippen LogP) is 2.64. The number of ether oxygens (including phenoxy) is 1. The highest BCUT2D eigenvalue weighted by Gasteiger charge is 2.19. The van der Waals surface area contributed by atoms with Gasteiger partial charge in [0.05, 0.1) is 12.7 Å². The van der Waals surface area contributed by atoms with E-state index in [1.165, 1.54) is 0 Å². The summed E-state index contributed by atoms with van der Waals surface area (Å²) in [6.45, 7) is 3.70. The standard InChI is InChI=1S/C14H19BrO3/c1-2-6-12(9-16)13(17)10-18-14(15)11-7-4-3-5-8-11/h2-5,7-8,12-14,16-17H,1,6,9-10H2/t12-,13+,14?/m1/s1. The number of aliphatic hydroxyl groups excluding tert-OH is 2. The molecule has 18 heavy (non-hydrogen) atoms. The summed E-state index contributed by atoms with van der Waals surface area (Å²) >= 11 is 3.41. The van der Waals surface area contributed by atoms with Crippen LogP contribution >= 0.6 is 15.9 Å². The van der Waals surface area contributed by atoms with Crippen LogP contribution in [0.3, 0.4) is 0 Å². The molecule has 0 amide bonds. The zero-order valence-electron chi connectivity index (χ0n) is 10.2. The van der Waals surface area contributed by atoms with E-state index in [0.29, 0.717) is 6.42 Å². The van der Waals surface area contributed by atoms with Crippen molar-refractivity contribution in [1.29, 1.82) is 0 Å². The van der Waals surface area contributed by atoms with Crippen LogP contribution in [0, 0.1) is 5.92 Å². The predicted molar refractivity (Wildman–Crippen MR) is 75.5 cm³/mol. The fourth-order valence-corrected chi connectivity index (χ4v) is 2.04. The lowest BCUT2D eigenvalue weighted by Gasteiger charge is -2.21. The smallest absolute Gasteiger partial charge is 0.137 e. The van der Waals surface area contributed by atoms with E-state index in [2.05, 4.69) is 22.5 Å². The van der Waals surface area contributed by atoms with Gasteiger partial charge in [-0.3, -0.25) is 0 Å². The summed E-state index contributed by atoms with van der Waals surface area (Å²) in [6.07, 6.45) is 1.56. The van der Waals surface area contributed by atoms with Gasteiger partial charge >= 0.3 is 0 Å². The number of hydrogen-bond donors (Lipinski definition) is 2. The third kappa shape index (κ3) is 4.90. The summed E-state index contributed by atoms with van der Waals surface area (Å²) in [6, 6.07) is 9.68. The molecule has 0 spiro atoms. The van der Waals surface area contributed by atoms with Gasteiger partial charge in [0.25, 0.3) is 0 Å². The second-order valence-corrected chi connectivity index (χ2v) is 4.93. The molecule has 0 saturated carbocycles. The Kier molecular flexibility index (Phi) is 7.20. The van der Waals surface area contributed by atoms with E-state index in [1.807, 2.05) is 30.3 Å². The van der Waals surface area contributed by atoms with Crippen LogP contribution in [0.5, 0.6) is 0 Å². The van der Waals surface area contributed by atoms with Gasteiger partial charge in [0.15, 0.2) is 0 Å². The van der Waals surface area contributed by atoms with E-state index in [0.717, 1.165) is 5.56 Å². The summed E-state index contributed by atoms with van der Waals surface area (Å²) < 4.78 is 5.54. The van der Waals surface area contributed by atoms with E-state index in [-0.39, 0.29) is 24.1 Å². The van der Waals surface area contributed by atoms with Crippen LogP contribution in [-0.4, -0.2) is 29.5 Å². The van der Waals surface area contributed by atoms with Gasteiger partial charge in [0.1, 0.15) is 5.01 Å². The lowest BCUT2D eigenvalue weighted by atomic mass is 10.0. The van der Waals surface area contributed by atoms with Gasteiger partial charge in [-0.1, -0.05) is 52.3 Å². The van der Waals surface area contributed by atoms with Crippen molar-refractivity contribution in [2.45, 2.75) is 17.5 Å². The van der Waals surface area contributed by atoms with Gasteiger partial charge in [-0.05, 0) is 12.0 Å². The highest BCUT2D eigenvalue weighted by atomic mass is 79.9.